The second kappa shape index (κ2) is 10.6. The Hall–Kier alpha value is -1.87. The third-order valence-electron chi connectivity index (χ3n) is 8.77. The molecule has 5 aliphatic rings. The Morgan fingerprint density at radius 2 is 1.91 bits per heavy atom. The van der Waals surface area contributed by atoms with Crippen molar-refractivity contribution in [3.05, 3.63) is 34.7 Å². The Labute approximate surface area is 207 Å². The highest BCUT2D eigenvalue weighted by Gasteiger charge is 2.51. The Kier molecular flexibility index (Phi) is 7.53. The van der Waals surface area contributed by atoms with Gasteiger partial charge in [-0.1, -0.05) is 38.5 Å². The van der Waals surface area contributed by atoms with Crippen LogP contribution in [0.15, 0.2) is 34.7 Å². The molecule has 8 nitrogen and oxygen atoms in total. The molecule has 0 aromatic carbocycles. The summed E-state index contributed by atoms with van der Waals surface area (Å²) in [6, 6.07) is 0.238. The van der Waals surface area contributed by atoms with E-state index in [-0.39, 0.29) is 47.8 Å². The number of ether oxygens (including phenoxy) is 3. The van der Waals surface area contributed by atoms with Crippen LogP contribution in [-0.2, 0) is 19.0 Å². The van der Waals surface area contributed by atoms with E-state index in [0.717, 1.165) is 44.4 Å². The van der Waals surface area contributed by atoms with Crippen molar-refractivity contribution in [1.82, 2.24) is 4.90 Å². The van der Waals surface area contributed by atoms with Crippen molar-refractivity contribution < 1.29 is 34.3 Å². The van der Waals surface area contributed by atoms with Gasteiger partial charge in [0.25, 0.3) is 0 Å². The molecule has 2 saturated heterocycles. The molecule has 5 atom stereocenters. The molecule has 4 heterocycles. The zero-order valence-corrected chi connectivity index (χ0v) is 20.7. The fourth-order valence-electron chi connectivity index (χ4n) is 7.15. The zero-order valence-electron chi connectivity index (χ0n) is 20.7. The molecular formula is C27H39NO7. The van der Waals surface area contributed by atoms with Crippen LogP contribution in [-0.4, -0.2) is 71.2 Å². The Morgan fingerprint density at radius 1 is 1.11 bits per heavy atom. The highest BCUT2D eigenvalue weighted by molar-refractivity contribution is 5.94. The minimum absolute atomic E-state index is 0.0570. The first kappa shape index (κ1) is 24.8. The summed E-state index contributed by atoms with van der Waals surface area (Å²) in [7, 11) is 1.43. The van der Waals surface area contributed by atoms with E-state index >= 15 is 0 Å². The molecule has 5 rings (SSSR count). The molecule has 5 unspecified atom stereocenters. The number of esters is 1. The smallest absolute Gasteiger partial charge is 0.345 e. The van der Waals surface area contributed by atoms with Gasteiger partial charge in [-0.3, -0.25) is 4.90 Å². The predicted molar refractivity (Wildman–Crippen MR) is 127 cm³/mol. The second-order valence-corrected chi connectivity index (χ2v) is 10.7. The number of carbonyl (C=O) groups is 1. The Bertz CT molecular complexity index is 903. The summed E-state index contributed by atoms with van der Waals surface area (Å²) < 4.78 is 17.2. The summed E-state index contributed by atoms with van der Waals surface area (Å²) in [5, 5.41) is 31.5. The Morgan fingerprint density at radius 3 is 2.63 bits per heavy atom. The van der Waals surface area contributed by atoms with Gasteiger partial charge in [-0.05, 0) is 37.7 Å². The number of nitrogens with zero attached hydrogens (tertiary/aromatic N) is 1. The van der Waals surface area contributed by atoms with E-state index in [9.17, 15) is 20.1 Å². The maximum atomic E-state index is 12.3. The summed E-state index contributed by atoms with van der Waals surface area (Å²) in [5.41, 5.74) is 0.0570. The minimum Gasteiger partial charge on any atom is -0.492 e. The monoisotopic (exact) mass is 489 g/mol. The highest BCUT2D eigenvalue weighted by atomic mass is 16.6. The molecule has 4 aliphatic heterocycles. The van der Waals surface area contributed by atoms with E-state index in [0.29, 0.717) is 11.7 Å². The molecule has 0 bridgehead atoms. The van der Waals surface area contributed by atoms with E-state index in [4.69, 9.17) is 14.2 Å². The van der Waals surface area contributed by atoms with Crippen molar-refractivity contribution in [2.45, 2.75) is 82.4 Å². The van der Waals surface area contributed by atoms with Crippen molar-refractivity contribution in [2.75, 3.05) is 26.9 Å². The summed E-state index contributed by atoms with van der Waals surface area (Å²) in [6.07, 6.45) is 12.7. The number of aliphatic hydroxyl groups is 3. The molecule has 0 radical (unpaired) electrons. The predicted octanol–water partition coefficient (Wildman–Crippen LogP) is 2.74. The van der Waals surface area contributed by atoms with Gasteiger partial charge in [0.1, 0.15) is 11.3 Å². The third kappa shape index (κ3) is 4.54. The number of methoxy groups -OCH3 is 1. The fraction of sp³-hybridized carbons (Fsp3) is 0.741. The normalized spacial score (nSPS) is 35.1. The van der Waals surface area contributed by atoms with Crippen LogP contribution in [0, 0.1) is 17.8 Å². The molecule has 0 aromatic rings. The topological polar surface area (TPSA) is 109 Å². The molecule has 0 spiro atoms. The van der Waals surface area contributed by atoms with Crippen LogP contribution < -0.4 is 0 Å². The molecule has 35 heavy (non-hydrogen) atoms. The largest absolute Gasteiger partial charge is 0.492 e. The molecule has 194 valence electrons. The fourth-order valence-corrected chi connectivity index (χ4v) is 7.15. The van der Waals surface area contributed by atoms with Crippen LogP contribution in [0.1, 0.15) is 64.2 Å². The number of piperidine rings is 1. The summed E-state index contributed by atoms with van der Waals surface area (Å²) in [5.74, 6) is 0.993. The molecule has 3 N–H and O–H groups in total. The molecule has 1 saturated carbocycles. The molecule has 3 fully saturated rings. The molecule has 0 amide bonds. The Balaban J connectivity index is 1.42. The van der Waals surface area contributed by atoms with E-state index in [1.165, 1.54) is 39.2 Å². The molecule has 0 aromatic heterocycles. The van der Waals surface area contributed by atoms with Crippen LogP contribution in [0.4, 0.5) is 0 Å². The number of fused-ring (bicyclic) bond motifs is 3. The van der Waals surface area contributed by atoms with Gasteiger partial charge < -0.3 is 29.5 Å². The average Bonchev–Trinajstić information content (AvgIpc) is 3.34. The molecular weight excluding hydrogens is 450 g/mol. The van der Waals surface area contributed by atoms with Crippen LogP contribution >= 0.6 is 0 Å². The summed E-state index contributed by atoms with van der Waals surface area (Å²) in [4.78, 5) is 14.8. The van der Waals surface area contributed by atoms with Crippen molar-refractivity contribution >= 4 is 5.97 Å². The standard InChI is InChI=1S/C27H39NO7/c1-33-24-18(15-30)27(32)35-26(24)25-17(14-29)23-20-10-5-9-19(28(20)12-6-11-22(23)34-25)21(31)13-16-7-3-2-4-8-16/h11,16-17,19-21,23,29-31H,2-10,12-15H2,1H3. The van der Waals surface area contributed by atoms with Crippen LogP contribution in [0.3, 0.4) is 0 Å². The second-order valence-electron chi connectivity index (χ2n) is 10.7. The van der Waals surface area contributed by atoms with E-state index < -0.39 is 18.5 Å². The van der Waals surface area contributed by atoms with Crippen molar-refractivity contribution in [3.8, 4) is 0 Å². The van der Waals surface area contributed by atoms with Gasteiger partial charge in [0.15, 0.2) is 11.5 Å². The summed E-state index contributed by atoms with van der Waals surface area (Å²) in [6.45, 7) is 0.201. The lowest BCUT2D eigenvalue weighted by atomic mass is 9.77. The SMILES string of the molecule is COC1=C(CO)C(=O)OC1=C1OC2=CCCN3C(C(O)CC4CCCCC4)CCCC3C2C1CO. The van der Waals surface area contributed by atoms with Gasteiger partial charge in [-0.2, -0.15) is 0 Å². The van der Waals surface area contributed by atoms with E-state index in [2.05, 4.69) is 11.0 Å². The maximum Gasteiger partial charge on any atom is 0.345 e. The first-order chi connectivity index (χ1) is 17.1. The van der Waals surface area contributed by atoms with Crippen molar-refractivity contribution in [1.29, 1.82) is 0 Å². The third-order valence-corrected chi connectivity index (χ3v) is 8.77. The first-order valence-corrected chi connectivity index (χ1v) is 13.3. The van der Waals surface area contributed by atoms with Crippen molar-refractivity contribution in [3.63, 3.8) is 0 Å². The average molecular weight is 490 g/mol. The van der Waals surface area contributed by atoms with Gasteiger partial charge in [-0.15, -0.1) is 0 Å². The number of cyclic esters (lactones) is 1. The molecule has 8 heteroatoms. The number of aliphatic hydroxyl groups excluding tert-OH is 3. The van der Waals surface area contributed by atoms with Gasteiger partial charge in [0, 0.05) is 24.5 Å². The van der Waals surface area contributed by atoms with Crippen LogP contribution in [0.5, 0.6) is 0 Å². The molecule has 1 aliphatic carbocycles. The van der Waals surface area contributed by atoms with E-state index in [1.54, 1.807) is 0 Å². The lowest BCUT2D eigenvalue weighted by molar-refractivity contribution is -0.134. The van der Waals surface area contributed by atoms with Gasteiger partial charge >= 0.3 is 5.97 Å². The number of hydrogen-bond donors (Lipinski definition) is 3. The van der Waals surface area contributed by atoms with Gasteiger partial charge in [0.05, 0.1) is 32.3 Å². The zero-order chi connectivity index (χ0) is 24.5. The van der Waals surface area contributed by atoms with Crippen LogP contribution in [0.25, 0.3) is 0 Å². The number of rotatable bonds is 6. The summed E-state index contributed by atoms with van der Waals surface area (Å²) >= 11 is 0. The van der Waals surface area contributed by atoms with Gasteiger partial charge in [0.2, 0.25) is 5.76 Å². The quantitative estimate of drug-likeness (QED) is 0.489. The lowest BCUT2D eigenvalue weighted by Crippen LogP contribution is -2.55. The highest BCUT2D eigenvalue weighted by Crippen LogP contribution is 2.49. The number of carbonyl (C=O) groups excluding carboxylic acids is 1. The first-order valence-electron chi connectivity index (χ1n) is 13.3. The van der Waals surface area contributed by atoms with E-state index in [1.807, 2.05) is 0 Å². The maximum absolute atomic E-state index is 12.3. The van der Waals surface area contributed by atoms with Crippen molar-refractivity contribution in [2.24, 2.45) is 17.8 Å². The van der Waals surface area contributed by atoms with Gasteiger partial charge in [-0.25, -0.2) is 4.79 Å². The lowest BCUT2D eigenvalue weighted by Gasteiger charge is -2.46. The van der Waals surface area contributed by atoms with Crippen LogP contribution in [0.2, 0.25) is 0 Å². The number of hydrogen-bond acceptors (Lipinski definition) is 8. The minimum atomic E-state index is -0.654.